The van der Waals surface area contributed by atoms with Gasteiger partial charge in [-0.05, 0) is 36.4 Å². The van der Waals surface area contributed by atoms with Crippen molar-refractivity contribution in [3.8, 4) is 0 Å². The van der Waals surface area contributed by atoms with E-state index in [1.54, 1.807) is 91.0 Å². The topological polar surface area (TPSA) is 118 Å². The van der Waals surface area contributed by atoms with Crippen LogP contribution in [0.3, 0.4) is 0 Å². The van der Waals surface area contributed by atoms with Gasteiger partial charge in [-0.3, -0.25) is 0 Å². The van der Waals surface area contributed by atoms with E-state index in [9.17, 15) is 19.5 Å². The summed E-state index contributed by atoms with van der Waals surface area (Å²) in [4.78, 5) is 38.0. The Morgan fingerprint density at radius 1 is 0.730 bits per heavy atom. The summed E-state index contributed by atoms with van der Waals surface area (Å²) in [7, 11) is 1.33. The van der Waals surface area contributed by atoms with E-state index < -0.39 is 55.2 Å². The largest absolute Gasteiger partial charge is 0.459 e. The number of aliphatic hydroxyl groups excluding tert-OH is 1. The Morgan fingerprint density at radius 2 is 1.16 bits per heavy atom. The van der Waals surface area contributed by atoms with Crippen LogP contribution in [0.25, 0.3) is 0 Å². The Balaban J connectivity index is 1.54. The molecule has 0 radical (unpaired) electrons. The van der Waals surface area contributed by atoms with Crippen LogP contribution in [-0.2, 0) is 23.7 Å². The summed E-state index contributed by atoms with van der Waals surface area (Å²) >= 11 is 0. The Morgan fingerprint density at radius 3 is 1.62 bits per heavy atom. The second-order valence-electron chi connectivity index (χ2n) is 8.21. The lowest BCUT2D eigenvalue weighted by molar-refractivity contribution is -0.167. The molecule has 9 heteroatoms. The molecule has 0 bridgehead atoms. The third kappa shape index (κ3) is 6.39. The fourth-order valence-corrected chi connectivity index (χ4v) is 3.85. The smallest absolute Gasteiger partial charge is 0.338 e. The van der Waals surface area contributed by atoms with E-state index in [0.717, 1.165) is 0 Å². The normalized spacial score (nSPS) is 21.6. The van der Waals surface area contributed by atoms with Crippen molar-refractivity contribution < 1.29 is 43.2 Å². The molecule has 1 saturated heterocycles. The number of methoxy groups -OCH3 is 1. The first kappa shape index (κ1) is 26.0. The number of ether oxygens (including phenoxy) is 5. The highest BCUT2D eigenvalue weighted by molar-refractivity contribution is 5.90. The molecule has 5 atom stereocenters. The molecule has 1 aliphatic rings. The van der Waals surface area contributed by atoms with E-state index in [0.29, 0.717) is 5.56 Å². The molecule has 1 heterocycles. The summed E-state index contributed by atoms with van der Waals surface area (Å²) in [5.74, 6) is -2.06. The molecular formula is C28H26O9. The zero-order valence-corrected chi connectivity index (χ0v) is 20.0. The van der Waals surface area contributed by atoms with Gasteiger partial charge >= 0.3 is 17.9 Å². The molecule has 1 N–H and O–H groups in total. The van der Waals surface area contributed by atoms with Crippen LogP contribution in [-0.4, -0.2) is 67.4 Å². The number of carbonyl (C=O) groups is 3. The Labute approximate surface area is 213 Å². The molecule has 0 spiro atoms. The zero-order chi connectivity index (χ0) is 26.2. The Bertz CT molecular complexity index is 1180. The predicted octanol–water partition coefficient (Wildman–Crippen LogP) is 3.03. The van der Waals surface area contributed by atoms with E-state index in [2.05, 4.69) is 0 Å². The molecule has 192 valence electrons. The van der Waals surface area contributed by atoms with Gasteiger partial charge in [0.15, 0.2) is 18.5 Å². The van der Waals surface area contributed by atoms with Crippen LogP contribution >= 0.6 is 0 Å². The van der Waals surface area contributed by atoms with Crippen LogP contribution in [0.1, 0.15) is 31.1 Å². The SMILES string of the molecule is CO[C@@H]1O[C@@H]([C@H](O)COC(=O)c2ccccc2)[C@H](OC(=O)c2ccccc2)[C@H]1OC(=O)c1ccccc1. The number of hydrogen-bond donors (Lipinski definition) is 1. The average molecular weight is 507 g/mol. The van der Waals surface area contributed by atoms with Crippen molar-refractivity contribution in [3.63, 3.8) is 0 Å². The standard InChI is InChI=1S/C28H26O9/c1-33-28-24(36-27(32)20-15-9-4-10-16-20)23(35-26(31)19-13-7-3-8-14-19)22(37-28)21(29)17-34-25(30)18-11-5-2-6-12-18/h2-16,21-24,28-29H,17H2,1H3/t21-,22+,23+,24-,28-/m1/s1. The highest BCUT2D eigenvalue weighted by Crippen LogP contribution is 2.31. The van der Waals surface area contributed by atoms with Gasteiger partial charge in [0.2, 0.25) is 0 Å². The van der Waals surface area contributed by atoms with Crippen molar-refractivity contribution >= 4 is 17.9 Å². The third-order valence-electron chi connectivity index (χ3n) is 5.72. The molecule has 0 unspecified atom stereocenters. The van der Waals surface area contributed by atoms with Gasteiger partial charge in [-0.25, -0.2) is 14.4 Å². The lowest BCUT2D eigenvalue weighted by Crippen LogP contribution is -2.45. The second-order valence-corrected chi connectivity index (χ2v) is 8.21. The zero-order valence-electron chi connectivity index (χ0n) is 20.0. The summed E-state index contributed by atoms with van der Waals surface area (Å²) in [5, 5.41) is 10.9. The van der Waals surface area contributed by atoms with Crippen LogP contribution in [0.15, 0.2) is 91.0 Å². The average Bonchev–Trinajstić information content (AvgIpc) is 3.29. The van der Waals surface area contributed by atoms with E-state index >= 15 is 0 Å². The first-order valence-corrected chi connectivity index (χ1v) is 11.6. The molecule has 1 fully saturated rings. The first-order valence-electron chi connectivity index (χ1n) is 11.6. The van der Waals surface area contributed by atoms with Gasteiger partial charge in [-0.1, -0.05) is 54.6 Å². The van der Waals surface area contributed by atoms with Crippen LogP contribution in [0.2, 0.25) is 0 Å². The lowest BCUT2D eigenvalue weighted by Gasteiger charge is -2.26. The van der Waals surface area contributed by atoms with E-state index in [4.69, 9.17) is 23.7 Å². The van der Waals surface area contributed by atoms with Crippen LogP contribution in [0.4, 0.5) is 0 Å². The molecule has 1 aliphatic heterocycles. The van der Waals surface area contributed by atoms with Crippen LogP contribution < -0.4 is 0 Å². The van der Waals surface area contributed by atoms with Crippen LogP contribution in [0.5, 0.6) is 0 Å². The fourth-order valence-electron chi connectivity index (χ4n) is 3.85. The minimum Gasteiger partial charge on any atom is -0.459 e. The maximum Gasteiger partial charge on any atom is 0.338 e. The molecule has 9 nitrogen and oxygen atoms in total. The highest BCUT2D eigenvalue weighted by Gasteiger charge is 2.53. The van der Waals surface area contributed by atoms with Crippen molar-refractivity contribution in [1.29, 1.82) is 0 Å². The number of carbonyl (C=O) groups excluding carboxylic acids is 3. The number of rotatable bonds is 9. The lowest BCUT2D eigenvalue weighted by atomic mass is 10.1. The van der Waals surface area contributed by atoms with Crippen molar-refractivity contribution in [2.75, 3.05) is 13.7 Å². The molecule has 0 amide bonds. The van der Waals surface area contributed by atoms with Gasteiger partial charge in [-0.2, -0.15) is 0 Å². The van der Waals surface area contributed by atoms with Crippen LogP contribution in [0, 0.1) is 0 Å². The van der Waals surface area contributed by atoms with Gasteiger partial charge in [0.1, 0.15) is 18.8 Å². The van der Waals surface area contributed by atoms with Crippen molar-refractivity contribution in [2.45, 2.75) is 30.7 Å². The molecule has 0 aliphatic carbocycles. The summed E-state index contributed by atoms with van der Waals surface area (Å²) < 4.78 is 27.7. The number of benzene rings is 3. The highest BCUT2D eigenvalue weighted by atomic mass is 16.7. The van der Waals surface area contributed by atoms with Crippen molar-refractivity contribution in [2.24, 2.45) is 0 Å². The fraction of sp³-hybridized carbons (Fsp3) is 0.250. The maximum atomic E-state index is 12.9. The quantitative estimate of drug-likeness (QED) is 0.345. The summed E-state index contributed by atoms with van der Waals surface area (Å²) in [6, 6.07) is 24.7. The molecule has 4 rings (SSSR count). The second kappa shape index (κ2) is 12.3. The van der Waals surface area contributed by atoms with E-state index in [1.165, 1.54) is 7.11 Å². The Hall–Kier alpha value is -4.05. The summed E-state index contributed by atoms with van der Waals surface area (Å²) in [5.41, 5.74) is 0.824. The molecule has 3 aromatic carbocycles. The Kier molecular flexibility index (Phi) is 8.63. The minimum absolute atomic E-state index is 0.250. The molecule has 0 saturated carbocycles. The third-order valence-corrected chi connectivity index (χ3v) is 5.72. The van der Waals surface area contributed by atoms with Gasteiger partial charge in [0.25, 0.3) is 0 Å². The summed E-state index contributed by atoms with van der Waals surface area (Å²) in [6.07, 6.45) is -6.30. The number of aliphatic hydroxyl groups is 1. The van der Waals surface area contributed by atoms with Gasteiger partial charge in [-0.15, -0.1) is 0 Å². The number of esters is 3. The van der Waals surface area contributed by atoms with E-state index in [1.807, 2.05) is 0 Å². The predicted molar refractivity (Wildman–Crippen MR) is 130 cm³/mol. The van der Waals surface area contributed by atoms with Crippen molar-refractivity contribution in [1.82, 2.24) is 0 Å². The van der Waals surface area contributed by atoms with Gasteiger partial charge < -0.3 is 28.8 Å². The van der Waals surface area contributed by atoms with Gasteiger partial charge in [0.05, 0.1) is 16.7 Å². The summed E-state index contributed by atoms with van der Waals surface area (Å²) in [6.45, 7) is -0.465. The first-order chi connectivity index (χ1) is 18.0. The van der Waals surface area contributed by atoms with Gasteiger partial charge in [0, 0.05) is 7.11 Å². The minimum atomic E-state index is -1.43. The molecular weight excluding hydrogens is 480 g/mol. The maximum absolute atomic E-state index is 12.9. The molecule has 37 heavy (non-hydrogen) atoms. The number of hydrogen-bond acceptors (Lipinski definition) is 9. The monoisotopic (exact) mass is 506 g/mol. The molecule has 0 aromatic heterocycles. The van der Waals surface area contributed by atoms with E-state index in [-0.39, 0.29) is 11.1 Å². The van der Waals surface area contributed by atoms with Crippen molar-refractivity contribution in [3.05, 3.63) is 108 Å². The molecule has 3 aromatic rings.